The van der Waals surface area contributed by atoms with Gasteiger partial charge in [0, 0.05) is 42.5 Å². The van der Waals surface area contributed by atoms with E-state index < -0.39 is 5.97 Å². The van der Waals surface area contributed by atoms with E-state index in [4.69, 9.17) is 5.73 Å². The molecule has 3 saturated heterocycles. The molecular weight excluding hydrogens is 552 g/mol. The summed E-state index contributed by atoms with van der Waals surface area (Å²) in [5.41, 5.74) is 11.6. The lowest BCUT2D eigenvalue weighted by atomic mass is 9.49. The molecule has 2 saturated carbocycles. The summed E-state index contributed by atoms with van der Waals surface area (Å²) >= 11 is 0. The molecule has 2 aliphatic carbocycles. The van der Waals surface area contributed by atoms with Crippen LogP contribution in [0.1, 0.15) is 62.8 Å². The number of carboxylic acid groups (broad SMARTS) is 1. The molecule has 2 unspecified atom stereocenters. The highest BCUT2D eigenvalue weighted by Gasteiger charge is 2.56. The lowest BCUT2D eigenvalue weighted by Gasteiger charge is -2.59. The Morgan fingerprint density at radius 3 is 2.20 bits per heavy atom. The summed E-state index contributed by atoms with van der Waals surface area (Å²) in [4.78, 5) is 18.9. The molecule has 2 atom stereocenters. The molecule has 3 aliphatic heterocycles. The van der Waals surface area contributed by atoms with E-state index in [9.17, 15) is 15.0 Å². The van der Waals surface area contributed by atoms with Gasteiger partial charge in [-0.3, -0.25) is 4.79 Å². The number of anilines is 3. The molecule has 0 amide bonds. The fourth-order valence-electron chi connectivity index (χ4n) is 9.20. The van der Waals surface area contributed by atoms with Crippen LogP contribution in [0.3, 0.4) is 0 Å². The number of aromatic nitrogens is 2. The van der Waals surface area contributed by atoms with Crippen LogP contribution >= 0.6 is 0 Å². The van der Waals surface area contributed by atoms with Gasteiger partial charge in [0.25, 0.3) is 0 Å². The minimum Gasteiger partial charge on any atom is -0.507 e. The van der Waals surface area contributed by atoms with E-state index in [1.54, 1.807) is 12.1 Å². The Balaban J connectivity index is 0.884. The molecule has 1 spiro atoms. The maximum atomic E-state index is 11.2. The van der Waals surface area contributed by atoms with Crippen LogP contribution < -0.4 is 15.5 Å². The summed E-state index contributed by atoms with van der Waals surface area (Å²) in [6.45, 7) is 4.07. The van der Waals surface area contributed by atoms with Crippen molar-refractivity contribution >= 4 is 23.2 Å². The second-order valence-corrected chi connectivity index (χ2v) is 14.1. The van der Waals surface area contributed by atoms with Gasteiger partial charge < -0.3 is 30.6 Å². The maximum Gasteiger partial charge on any atom is 0.306 e. The number of nitrogen functional groups attached to an aromatic ring is 1. The molecule has 5 aliphatic rings. The molecule has 9 heteroatoms. The number of fused-ring (bicyclic) bond motifs is 2. The SMILES string of the molecule is Nc1nnc(-c2ccccc2O)cc1N1CC2CCC(C1)N2c1ccc(C2CCN(C3CC4(CC(C(=O)O)C4)C3)CC2)cc1. The molecule has 5 fully saturated rings. The molecule has 0 radical (unpaired) electrons. The monoisotopic (exact) mass is 594 g/mol. The van der Waals surface area contributed by atoms with Gasteiger partial charge in [-0.05, 0) is 112 Å². The van der Waals surface area contributed by atoms with Crippen LogP contribution in [0.2, 0.25) is 0 Å². The Morgan fingerprint density at radius 1 is 0.864 bits per heavy atom. The molecule has 4 N–H and O–H groups in total. The molecule has 2 aromatic carbocycles. The van der Waals surface area contributed by atoms with Gasteiger partial charge >= 0.3 is 5.97 Å². The van der Waals surface area contributed by atoms with E-state index in [1.807, 2.05) is 18.2 Å². The molecule has 9 nitrogen and oxygen atoms in total. The first kappa shape index (κ1) is 27.7. The highest BCUT2D eigenvalue weighted by atomic mass is 16.4. The standard InChI is InChI=1S/C35H42N6O3/c36-33-31(15-30(37-38-33)29-3-1-2-4-32(29)42)40-20-26-9-10-27(21-40)41(26)25-7-5-22(6-8-25)23-11-13-39(14-12-23)28-18-35(19-28)16-24(17-35)34(43)44/h1-8,15,23-24,26-28,42H,9-14,16-21H2,(H2,36,38)(H,43,44). The lowest BCUT2D eigenvalue weighted by molar-refractivity contribution is -0.160. The van der Waals surface area contributed by atoms with E-state index in [2.05, 4.69) is 49.2 Å². The number of aliphatic carboxylic acids is 1. The molecule has 1 aromatic heterocycles. The summed E-state index contributed by atoms with van der Waals surface area (Å²) in [6.07, 6.45) is 8.92. The highest BCUT2D eigenvalue weighted by Crippen LogP contribution is 2.60. The Kier molecular flexibility index (Phi) is 6.70. The van der Waals surface area contributed by atoms with Crippen LogP contribution in [0.4, 0.5) is 17.2 Å². The van der Waals surface area contributed by atoms with Crippen molar-refractivity contribution < 1.29 is 15.0 Å². The zero-order valence-electron chi connectivity index (χ0n) is 25.2. The minimum atomic E-state index is -0.603. The quantitative estimate of drug-likeness (QED) is 0.358. The predicted molar refractivity (Wildman–Crippen MR) is 171 cm³/mol. The molecule has 3 aromatic rings. The summed E-state index contributed by atoms with van der Waals surface area (Å²) in [7, 11) is 0. The second-order valence-electron chi connectivity index (χ2n) is 14.1. The average Bonchev–Trinajstić information content (AvgIpc) is 3.25. The predicted octanol–water partition coefficient (Wildman–Crippen LogP) is 5.11. The fraction of sp³-hybridized carbons (Fsp3) is 0.514. The fourth-order valence-corrected chi connectivity index (χ4v) is 9.20. The van der Waals surface area contributed by atoms with Crippen molar-refractivity contribution in [2.24, 2.45) is 11.3 Å². The molecular formula is C35H42N6O3. The topological polar surface area (TPSA) is 119 Å². The van der Waals surface area contributed by atoms with Crippen molar-refractivity contribution in [1.29, 1.82) is 0 Å². The number of para-hydroxylation sites is 1. The number of benzene rings is 2. The summed E-state index contributed by atoms with van der Waals surface area (Å²) in [5, 5.41) is 28.1. The Labute approximate surface area is 258 Å². The zero-order valence-corrected chi connectivity index (χ0v) is 25.2. The number of phenolic OH excluding ortho intramolecular Hbond substituents is 1. The van der Waals surface area contributed by atoms with Crippen molar-refractivity contribution in [2.75, 3.05) is 41.7 Å². The van der Waals surface area contributed by atoms with Gasteiger partial charge in [0.15, 0.2) is 5.82 Å². The van der Waals surface area contributed by atoms with Crippen molar-refractivity contribution in [3.05, 3.63) is 60.2 Å². The van der Waals surface area contributed by atoms with E-state index in [0.29, 0.717) is 46.5 Å². The first-order chi connectivity index (χ1) is 21.4. The highest BCUT2D eigenvalue weighted by molar-refractivity contribution is 5.74. The van der Waals surface area contributed by atoms with Crippen LogP contribution in [0.5, 0.6) is 5.75 Å². The van der Waals surface area contributed by atoms with Gasteiger partial charge in [0.1, 0.15) is 5.75 Å². The van der Waals surface area contributed by atoms with Crippen LogP contribution in [0, 0.1) is 11.3 Å². The number of nitrogens with two attached hydrogens (primary N) is 1. The first-order valence-corrected chi connectivity index (χ1v) is 16.4. The maximum absolute atomic E-state index is 11.2. The summed E-state index contributed by atoms with van der Waals surface area (Å²) in [5.74, 6) is 0.538. The Bertz CT molecular complexity index is 1530. The Morgan fingerprint density at radius 2 is 1.55 bits per heavy atom. The van der Waals surface area contributed by atoms with Crippen LogP contribution in [-0.2, 0) is 4.79 Å². The zero-order chi connectivity index (χ0) is 30.0. The van der Waals surface area contributed by atoms with Crippen molar-refractivity contribution in [3.8, 4) is 17.0 Å². The number of piperazine rings is 1. The number of hydrogen-bond donors (Lipinski definition) is 3. The molecule has 2 bridgehead atoms. The number of rotatable bonds is 6. The second kappa shape index (κ2) is 10.6. The van der Waals surface area contributed by atoms with E-state index in [0.717, 1.165) is 57.5 Å². The smallest absolute Gasteiger partial charge is 0.306 e. The number of carboxylic acids is 1. The van der Waals surface area contributed by atoms with Gasteiger partial charge in [-0.1, -0.05) is 24.3 Å². The third-order valence-corrected chi connectivity index (χ3v) is 11.6. The Hall–Kier alpha value is -3.85. The molecule has 230 valence electrons. The third-order valence-electron chi connectivity index (χ3n) is 11.6. The largest absolute Gasteiger partial charge is 0.507 e. The average molecular weight is 595 g/mol. The van der Waals surface area contributed by atoms with Crippen molar-refractivity contribution in [3.63, 3.8) is 0 Å². The van der Waals surface area contributed by atoms with E-state index >= 15 is 0 Å². The number of nitrogens with zero attached hydrogens (tertiary/aromatic N) is 5. The van der Waals surface area contributed by atoms with Gasteiger partial charge in [0.05, 0.1) is 17.3 Å². The number of hydrogen-bond acceptors (Lipinski definition) is 8. The summed E-state index contributed by atoms with van der Waals surface area (Å²) in [6, 6.07) is 20.1. The number of aromatic hydroxyl groups is 1. The normalized spacial score (nSPS) is 30.3. The molecule has 4 heterocycles. The van der Waals surface area contributed by atoms with Crippen molar-refractivity contribution in [1.82, 2.24) is 15.1 Å². The lowest BCUT2D eigenvalue weighted by Crippen LogP contribution is -2.58. The van der Waals surface area contributed by atoms with Gasteiger partial charge in [-0.15, -0.1) is 10.2 Å². The molecule has 44 heavy (non-hydrogen) atoms. The number of likely N-dealkylation sites (tertiary alicyclic amines) is 1. The van der Waals surface area contributed by atoms with Gasteiger partial charge in [-0.2, -0.15) is 0 Å². The van der Waals surface area contributed by atoms with Crippen LogP contribution in [-0.4, -0.2) is 75.6 Å². The number of carbonyl (C=O) groups is 1. The number of phenols is 1. The third kappa shape index (κ3) is 4.76. The van der Waals surface area contributed by atoms with Crippen molar-refractivity contribution in [2.45, 2.75) is 75.4 Å². The van der Waals surface area contributed by atoms with Gasteiger partial charge in [-0.25, -0.2) is 0 Å². The van der Waals surface area contributed by atoms with E-state index in [1.165, 1.54) is 36.9 Å². The van der Waals surface area contributed by atoms with Gasteiger partial charge in [0.2, 0.25) is 0 Å². The van der Waals surface area contributed by atoms with E-state index in [-0.39, 0.29) is 11.7 Å². The number of piperidine rings is 1. The summed E-state index contributed by atoms with van der Waals surface area (Å²) < 4.78 is 0. The van der Waals surface area contributed by atoms with Crippen LogP contribution in [0.15, 0.2) is 54.6 Å². The first-order valence-electron chi connectivity index (χ1n) is 16.4. The van der Waals surface area contributed by atoms with Crippen LogP contribution in [0.25, 0.3) is 11.3 Å². The molecule has 8 rings (SSSR count). The minimum absolute atomic E-state index is 0.0920.